The van der Waals surface area contributed by atoms with Crippen molar-refractivity contribution >= 4 is 27.4 Å². The van der Waals surface area contributed by atoms with Gasteiger partial charge >= 0.3 is 0 Å². The Morgan fingerprint density at radius 2 is 2.23 bits per heavy atom. The van der Waals surface area contributed by atoms with Crippen LogP contribution in [-0.2, 0) is 0 Å². The monoisotopic (exact) mass is 238 g/mol. The van der Waals surface area contributed by atoms with E-state index in [2.05, 4.69) is 15.9 Å². The van der Waals surface area contributed by atoms with Crippen LogP contribution in [0, 0.1) is 0 Å². The SMILES string of the molecule is NC(=O)c1ccn2cc(Br)cc2c1. The van der Waals surface area contributed by atoms with Crippen LogP contribution in [0.3, 0.4) is 0 Å². The summed E-state index contributed by atoms with van der Waals surface area (Å²) in [5.74, 6) is -0.403. The molecular formula is C9H7BrN2O. The average molecular weight is 239 g/mol. The molecule has 3 nitrogen and oxygen atoms in total. The van der Waals surface area contributed by atoms with E-state index >= 15 is 0 Å². The Bertz CT molecular complexity index is 475. The molecule has 2 aromatic rings. The number of nitrogens with zero attached hydrogens (tertiary/aromatic N) is 1. The van der Waals surface area contributed by atoms with Gasteiger partial charge in [0.05, 0.1) is 0 Å². The third kappa shape index (κ3) is 1.45. The van der Waals surface area contributed by atoms with Gasteiger partial charge in [-0.15, -0.1) is 0 Å². The number of hydrogen-bond acceptors (Lipinski definition) is 1. The van der Waals surface area contributed by atoms with Crippen molar-refractivity contribution in [2.75, 3.05) is 0 Å². The van der Waals surface area contributed by atoms with Crippen molar-refractivity contribution in [2.24, 2.45) is 5.73 Å². The number of fused-ring (bicyclic) bond motifs is 1. The summed E-state index contributed by atoms with van der Waals surface area (Å²) >= 11 is 3.35. The second-order valence-corrected chi connectivity index (χ2v) is 3.69. The fraction of sp³-hybridized carbons (Fsp3) is 0. The van der Waals surface area contributed by atoms with Crippen LogP contribution in [0.25, 0.3) is 5.52 Å². The van der Waals surface area contributed by atoms with Crippen LogP contribution >= 0.6 is 15.9 Å². The zero-order valence-corrected chi connectivity index (χ0v) is 8.28. The molecule has 13 heavy (non-hydrogen) atoms. The van der Waals surface area contributed by atoms with Gasteiger partial charge in [0.1, 0.15) is 0 Å². The number of hydrogen-bond donors (Lipinski definition) is 1. The summed E-state index contributed by atoms with van der Waals surface area (Å²) in [7, 11) is 0. The third-order valence-corrected chi connectivity index (χ3v) is 2.28. The number of amides is 1. The molecule has 0 fully saturated rings. The van der Waals surface area contributed by atoms with Crippen LogP contribution in [0.2, 0.25) is 0 Å². The molecular weight excluding hydrogens is 232 g/mol. The number of carbonyl (C=O) groups excluding carboxylic acids is 1. The van der Waals surface area contributed by atoms with Gasteiger partial charge in [0, 0.05) is 27.9 Å². The topological polar surface area (TPSA) is 47.5 Å². The van der Waals surface area contributed by atoms with Crippen molar-refractivity contribution in [3.63, 3.8) is 0 Å². The lowest BCUT2D eigenvalue weighted by molar-refractivity contribution is 0.100. The molecule has 0 aliphatic carbocycles. The average Bonchev–Trinajstić information content (AvgIpc) is 2.42. The molecule has 0 aliphatic rings. The summed E-state index contributed by atoms with van der Waals surface area (Å²) in [5, 5.41) is 0. The van der Waals surface area contributed by atoms with Gasteiger partial charge in [-0.3, -0.25) is 4.79 Å². The van der Waals surface area contributed by atoms with Crippen molar-refractivity contribution in [2.45, 2.75) is 0 Å². The van der Waals surface area contributed by atoms with E-state index in [0.29, 0.717) is 5.56 Å². The van der Waals surface area contributed by atoms with Crippen molar-refractivity contribution < 1.29 is 4.79 Å². The first-order valence-electron chi connectivity index (χ1n) is 3.74. The number of nitrogens with two attached hydrogens (primary N) is 1. The summed E-state index contributed by atoms with van der Waals surface area (Å²) in [6.07, 6.45) is 3.72. The maximum atomic E-state index is 10.9. The highest BCUT2D eigenvalue weighted by atomic mass is 79.9. The number of halogens is 1. The zero-order valence-electron chi connectivity index (χ0n) is 6.70. The summed E-state index contributed by atoms with van der Waals surface area (Å²) in [5.41, 5.74) is 6.63. The Balaban J connectivity index is 2.67. The van der Waals surface area contributed by atoms with Crippen LogP contribution in [-0.4, -0.2) is 10.3 Å². The maximum Gasteiger partial charge on any atom is 0.248 e. The molecule has 2 rings (SSSR count). The summed E-state index contributed by atoms with van der Waals surface area (Å²) in [6, 6.07) is 5.38. The van der Waals surface area contributed by atoms with Gasteiger partial charge in [0.2, 0.25) is 5.91 Å². The molecule has 0 bridgehead atoms. The highest BCUT2D eigenvalue weighted by Gasteiger charge is 2.02. The van der Waals surface area contributed by atoms with Crippen LogP contribution in [0.4, 0.5) is 0 Å². The lowest BCUT2D eigenvalue weighted by Gasteiger charge is -1.96. The smallest absolute Gasteiger partial charge is 0.248 e. The molecule has 1 amide bonds. The minimum Gasteiger partial charge on any atom is -0.366 e. The van der Waals surface area contributed by atoms with E-state index in [1.54, 1.807) is 18.3 Å². The third-order valence-electron chi connectivity index (χ3n) is 1.85. The first-order valence-corrected chi connectivity index (χ1v) is 4.53. The normalized spacial score (nSPS) is 10.5. The predicted molar refractivity (Wildman–Crippen MR) is 53.6 cm³/mol. The molecule has 2 heterocycles. The second kappa shape index (κ2) is 2.88. The highest BCUT2D eigenvalue weighted by molar-refractivity contribution is 9.10. The maximum absolute atomic E-state index is 10.9. The van der Waals surface area contributed by atoms with E-state index in [4.69, 9.17) is 5.73 Å². The minimum absolute atomic E-state index is 0.403. The van der Waals surface area contributed by atoms with Crippen LogP contribution in [0.1, 0.15) is 10.4 Å². The van der Waals surface area contributed by atoms with Crippen LogP contribution in [0.15, 0.2) is 35.1 Å². The van der Waals surface area contributed by atoms with Crippen molar-refractivity contribution in [1.82, 2.24) is 4.40 Å². The molecule has 0 saturated heterocycles. The fourth-order valence-electron chi connectivity index (χ4n) is 1.23. The van der Waals surface area contributed by atoms with E-state index in [0.717, 1.165) is 9.99 Å². The Labute approximate surface area is 83.3 Å². The van der Waals surface area contributed by atoms with Gasteiger partial charge in [0.25, 0.3) is 0 Å². The second-order valence-electron chi connectivity index (χ2n) is 2.77. The lowest BCUT2D eigenvalue weighted by atomic mass is 10.2. The van der Waals surface area contributed by atoms with E-state index in [-0.39, 0.29) is 0 Å². The molecule has 66 valence electrons. The van der Waals surface area contributed by atoms with Crippen molar-refractivity contribution in [3.05, 3.63) is 40.6 Å². The number of rotatable bonds is 1. The number of aromatic nitrogens is 1. The standard InChI is InChI=1S/C9H7BrN2O/c10-7-4-8-3-6(9(11)13)1-2-12(8)5-7/h1-5H,(H2,11,13). The summed E-state index contributed by atoms with van der Waals surface area (Å²) < 4.78 is 2.89. The Morgan fingerprint density at radius 3 is 2.92 bits per heavy atom. The van der Waals surface area contributed by atoms with Crippen LogP contribution < -0.4 is 5.73 Å². The Morgan fingerprint density at radius 1 is 1.46 bits per heavy atom. The number of carbonyl (C=O) groups is 1. The van der Waals surface area contributed by atoms with E-state index in [9.17, 15) is 4.79 Å². The van der Waals surface area contributed by atoms with Crippen LogP contribution in [0.5, 0.6) is 0 Å². The van der Waals surface area contributed by atoms with Gasteiger partial charge in [0.15, 0.2) is 0 Å². The predicted octanol–water partition coefficient (Wildman–Crippen LogP) is 1.80. The quantitative estimate of drug-likeness (QED) is 0.810. The first-order chi connectivity index (χ1) is 6.16. The zero-order chi connectivity index (χ0) is 9.42. The molecule has 0 radical (unpaired) electrons. The fourth-order valence-corrected chi connectivity index (χ4v) is 1.68. The molecule has 0 atom stereocenters. The van der Waals surface area contributed by atoms with Crippen molar-refractivity contribution in [1.29, 1.82) is 0 Å². The molecule has 0 saturated carbocycles. The van der Waals surface area contributed by atoms with Crippen molar-refractivity contribution in [3.8, 4) is 0 Å². The van der Waals surface area contributed by atoms with Gasteiger partial charge in [-0.2, -0.15) is 0 Å². The van der Waals surface area contributed by atoms with Gasteiger partial charge in [-0.25, -0.2) is 0 Å². The van der Waals surface area contributed by atoms with E-state index in [1.165, 1.54) is 0 Å². The number of pyridine rings is 1. The highest BCUT2D eigenvalue weighted by Crippen LogP contribution is 2.16. The van der Waals surface area contributed by atoms with Gasteiger partial charge < -0.3 is 10.1 Å². The van der Waals surface area contributed by atoms with Gasteiger partial charge in [-0.05, 0) is 34.1 Å². The van der Waals surface area contributed by atoms with E-state index in [1.807, 2.05) is 16.7 Å². The molecule has 4 heteroatoms. The molecule has 0 unspecified atom stereocenters. The molecule has 2 aromatic heterocycles. The molecule has 0 aliphatic heterocycles. The van der Waals surface area contributed by atoms with Gasteiger partial charge in [-0.1, -0.05) is 0 Å². The van der Waals surface area contributed by atoms with E-state index < -0.39 is 5.91 Å². The lowest BCUT2D eigenvalue weighted by Crippen LogP contribution is -2.10. The Kier molecular flexibility index (Phi) is 1.84. The molecule has 0 aromatic carbocycles. The molecule has 2 N–H and O–H groups in total. The summed E-state index contributed by atoms with van der Waals surface area (Å²) in [6.45, 7) is 0. The Hall–Kier alpha value is -1.29. The summed E-state index contributed by atoms with van der Waals surface area (Å²) in [4.78, 5) is 10.9. The largest absolute Gasteiger partial charge is 0.366 e. The molecule has 0 spiro atoms. The minimum atomic E-state index is -0.403. The first kappa shape index (κ1) is 8.31. The number of primary amides is 1.